The van der Waals surface area contributed by atoms with Crippen molar-refractivity contribution in [2.24, 2.45) is 0 Å². The van der Waals surface area contributed by atoms with Gasteiger partial charge in [0, 0.05) is 72.4 Å². The summed E-state index contributed by atoms with van der Waals surface area (Å²) in [4.78, 5) is 21.8. The Hall–Kier alpha value is -4.64. The highest BCUT2D eigenvalue weighted by Gasteiger charge is 2.34. The number of hydrogen-bond donors (Lipinski definition) is 1. The lowest BCUT2D eigenvalue weighted by atomic mass is 9.91. The highest BCUT2D eigenvalue weighted by molar-refractivity contribution is 6.30. The second kappa shape index (κ2) is 11.9. The van der Waals surface area contributed by atoms with Crippen LogP contribution in [0.2, 0.25) is 5.02 Å². The number of hydrogen-bond acceptors (Lipinski definition) is 6. The number of nitrogens with zero attached hydrogens (tertiary/aromatic N) is 4. The summed E-state index contributed by atoms with van der Waals surface area (Å²) in [6.45, 7) is 2.07. The smallest absolute Gasteiger partial charge is 0.367 e. The SMILES string of the molecule is O=C(c1cccc(-c2cnc3c(c2)N(Cc2cc(Cl)ccc2C(F)(F)F)CCN3)c1)N1CCC(c2noc3cc(F)ccc23)CC1. The van der Waals surface area contributed by atoms with Gasteiger partial charge in [-0.2, -0.15) is 13.2 Å². The fraction of sp³-hybridized carbons (Fsp3) is 0.265. The molecule has 0 atom stereocenters. The number of benzene rings is 3. The van der Waals surface area contributed by atoms with Crippen molar-refractivity contribution in [1.29, 1.82) is 0 Å². The minimum Gasteiger partial charge on any atom is -0.367 e. The molecule has 1 N–H and O–H groups in total. The molecule has 7 nitrogen and oxygen atoms in total. The molecule has 0 saturated carbocycles. The van der Waals surface area contributed by atoms with E-state index >= 15 is 0 Å². The van der Waals surface area contributed by atoms with Gasteiger partial charge in [-0.3, -0.25) is 4.79 Å². The van der Waals surface area contributed by atoms with E-state index in [4.69, 9.17) is 16.1 Å². The van der Waals surface area contributed by atoms with Crippen LogP contribution in [-0.4, -0.2) is 47.1 Å². The standard InChI is InChI=1S/C34H28ClF4N5O2/c35-25-4-7-28(34(37,38)39)24(15-25)19-44-13-10-40-32-29(44)16-23(18-41-32)21-2-1-3-22(14-21)33(45)43-11-8-20(9-12-43)31-27-6-5-26(36)17-30(27)46-42-31/h1-7,14-18,20H,8-13,19H2,(H,40,41). The van der Waals surface area contributed by atoms with Crippen LogP contribution in [0.5, 0.6) is 0 Å². The number of anilines is 2. The highest BCUT2D eigenvalue weighted by Crippen LogP contribution is 2.38. The average Bonchev–Trinajstić information content (AvgIpc) is 3.47. The maximum atomic E-state index is 13.8. The predicted octanol–water partition coefficient (Wildman–Crippen LogP) is 8.15. The first-order valence-corrected chi connectivity index (χ1v) is 15.3. The Bertz CT molecular complexity index is 1940. The number of amides is 1. The zero-order valence-electron chi connectivity index (χ0n) is 24.5. The Morgan fingerprint density at radius 3 is 2.63 bits per heavy atom. The molecule has 2 aromatic heterocycles. The maximum absolute atomic E-state index is 13.8. The van der Waals surface area contributed by atoms with E-state index < -0.39 is 11.7 Å². The Morgan fingerprint density at radius 2 is 1.83 bits per heavy atom. The van der Waals surface area contributed by atoms with E-state index in [-0.39, 0.29) is 34.8 Å². The maximum Gasteiger partial charge on any atom is 0.416 e. The second-order valence-corrected chi connectivity index (χ2v) is 12.0. The summed E-state index contributed by atoms with van der Waals surface area (Å²) >= 11 is 6.08. The summed E-state index contributed by atoms with van der Waals surface area (Å²) in [6.07, 6.45) is -1.42. The lowest BCUT2D eigenvalue weighted by Gasteiger charge is -2.32. The molecule has 2 aliphatic rings. The first kappa shape index (κ1) is 30.0. The summed E-state index contributed by atoms with van der Waals surface area (Å²) in [5.41, 5.74) is 3.26. The number of aromatic nitrogens is 2. The fourth-order valence-electron chi connectivity index (χ4n) is 6.35. The van der Waals surface area contributed by atoms with E-state index in [2.05, 4.69) is 15.5 Å². The van der Waals surface area contributed by atoms with E-state index in [1.54, 1.807) is 18.3 Å². The largest absolute Gasteiger partial charge is 0.416 e. The van der Waals surface area contributed by atoms with Gasteiger partial charge in [-0.1, -0.05) is 28.9 Å². The molecule has 12 heteroatoms. The molecule has 0 spiro atoms. The van der Waals surface area contributed by atoms with Crippen LogP contribution in [0.15, 0.2) is 77.4 Å². The number of alkyl halides is 3. The summed E-state index contributed by atoms with van der Waals surface area (Å²) in [5.74, 6) is 0.197. The van der Waals surface area contributed by atoms with Gasteiger partial charge in [0.05, 0.1) is 16.9 Å². The van der Waals surface area contributed by atoms with Gasteiger partial charge in [-0.15, -0.1) is 0 Å². The van der Waals surface area contributed by atoms with Crippen molar-refractivity contribution in [3.63, 3.8) is 0 Å². The van der Waals surface area contributed by atoms with Gasteiger partial charge in [0.1, 0.15) is 11.6 Å². The topological polar surface area (TPSA) is 74.5 Å². The number of fused-ring (bicyclic) bond motifs is 2. The van der Waals surface area contributed by atoms with Gasteiger partial charge >= 0.3 is 6.18 Å². The van der Waals surface area contributed by atoms with Crippen LogP contribution in [0.4, 0.5) is 29.1 Å². The number of piperidine rings is 1. The van der Waals surface area contributed by atoms with Gasteiger partial charge in [-0.05, 0) is 72.5 Å². The molecule has 0 bridgehead atoms. The van der Waals surface area contributed by atoms with Gasteiger partial charge in [0.15, 0.2) is 5.58 Å². The Morgan fingerprint density at radius 1 is 1.00 bits per heavy atom. The third-order valence-corrected chi connectivity index (χ3v) is 8.93. The van der Waals surface area contributed by atoms with Crippen LogP contribution in [0.3, 0.4) is 0 Å². The molecule has 7 rings (SSSR count). The van der Waals surface area contributed by atoms with Crippen LogP contribution in [0.25, 0.3) is 22.1 Å². The minimum atomic E-state index is -4.51. The van der Waals surface area contributed by atoms with Crippen molar-refractivity contribution in [2.75, 3.05) is 36.4 Å². The monoisotopic (exact) mass is 649 g/mol. The molecule has 1 saturated heterocycles. The molecule has 1 fully saturated rings. The average molecular weight is 650 g/mol. The lowest BCUT2D eigenvalue weighted by Crippen LogP contribution is -2.38. The number of likely N-dealkylation sites (tertiary alicyclic amines) is 1. The molecule has 236 valence electrons. The predicted molar refractivity (Wildman–Crippen MR) is 168 cm³/mol. The van der Waals surface area contributed by atoms with Crippen LogP contribution in [0.1, 0.15) is 45.9 Å². The van der Waals surface area contributed by atoms with E-state index in [9.17, 15) is 22.4 Å². The number of carbonyl (C=O) groups is 1. The van der Waals surface area contributed by atoms with E-state index in [1.807, 2.05) is 34.1 Å². The number of carbonyl (C=O) groups excluding carboxylic acids is 1. The number of pyridine rings is 1. The molecule has 4 heterocycles. The van der Waals surface area contributed by atoms with E-state index in [1.165, 1.54) is 24.3 Å². The molecule has 3 aromatic carbocycles. The fourth-order valence-corrected chi connectivity index (χ4v) is 6.55. The summed E-state index contributed by atoms with van der Waals surface area (Å²) in [6, 6.07) is 17.2. The molecular formula is C34H28ClF4N5O2. The lowest BCUT2D eigenvalue weighted by molar-refractivity contribution is -0.138. The first-order valence-electron chi connectivity index (χ1n) is 14.9. The number of nitrogens with one attached hydrogen (secondary N) is 1. The zero-order chi connectivity index (χ0) is 32.0. The van der Waals surface area contributed by atoms with Crippen LogP contribution < -0.4 is 10.2 Å². The molecule has 5 aromatic rings. The number of rotatable bonds is 5. The Balaban J connectivity index is 1.09. The summed E-state index contributed by atoms with van der Waals surface area (Å²) in [7, 11) is 0. The van der Waals surface area contributed by atoms with Gasteiger partial charge in [-0.25, -0.2) is 9.37 Å². The Labute approximate surface area is 266 Å². The van der Waals surface area contributed by atoms with E-state index in [0.29, 0.717) is 61.7 Å². The molecular weight excluding hydrogens is 622 g/mol. The van der Waals surface area contributed by atoms with Crippen LogP contribution in [-0.2, 0) is 12.7 Å². The quantitative estimate of drug-likeness (QED) is 0.194. The molecule has 46 heavy (non-hydrogen) atoms. The van der Waals surface area contributed by atoms with Crippen molar-refractivity contribution < 1.29 is 26.9 Å². The van der Waals surface area contributed by atoms with Crippen LogP contribution >= 0.6 is 11.6 Å². The third kappa shape index (κ3) is 5.87. The van der Waals surface area contributed by atoms with Crippen molar-refractivity contribution in [3.8, 4) is 11.1 Å². The third-order valence-electron chi connectivity index (χ3n) is 8.69. The second-order valence-electron chi connectivity index (χ2n) is 11.6. The van der Waals surface area contributed by atoms with E-state index in [0.717, 1.165) is 28.3 Å². The first-order chi connectivity index (χ1) is 22.1. The van der Waals surface area contributed by atoms with Crippen LogP contribution in [0, 0.1) is 5.82 Å². The van der Waals surface area contributed by atoms with Crippen molar-refractivity contribution in [3.05, 3.63) is 106 Å². The van der Waals surface area contributed by atoms with Gasteiger partial charge in [0.2, 0.25) is 0 Å². The molecule has 0 unspecified atom stereocenters. The normalized spacial score (nSPS) is 15.6. The molecule has 2 aliphatic heterocycles. The Kier molecular flexibility index (Phi) is 7.80. The molecule has 1 amide bonds. The van der Waals surface area contributed by atoms with Gasteiger partial charge < -0.3 is 19.6 Å². The summed E-state index contributed by atoms with van der Waals surface area (Å²) < 4.78 is 60.2. The van der Waals surface area contributed by atoms with Crippen molar-refractivity contribution in [2.45, 2.75) is 31.5 Å². The van der Waals surface area contributed by atoms with Gasteiger partial charge in [0.25, 0.3) is 5.91 Å². The number of halogens is 5. The minimum absolute atomic E-state index is 0.00468. The molecule has 0 radical (unpaired) electrons. The van der Waals surface area contributed by atoms with Crippen molar-refractivity contribution in [1.82, 2.24) is 15.0 Å². The zero-order valence-corrected chi connectivity index (χ0v) is 25.2. The molecule has 0 aliphatic carbocycles. The van der Waals surface area contributed by atoms with Crippen molar-refractivity contribution >= 4 is 40.0 Å². The summed E-state index contributed by atoms with van der Waals surface area (Å²) in [5, 5.41) is 8.45. The highest BCUT2D eigenvalue weighted by atomic mass is 35.5.